The van der Waals surface area contributed by atoms with E-state index in [1.165, 1.54) is 6.07 Å². The van der Waals surface area contributed by atoms with Gasteiger partial charge < -0.3 is 10.3 Å². The van der Waals surface area contributed by atoms with Crippen LogP contribution in [-0.4, -0.2) is 10.9 Å². The van der Waals surface area contributed by atoms with E-state index in [0.717, 1.165) is 12.1 Å². The lowest BCUT2D eigenvalue weighted by Crippen LogP contribution is -2.23. The summed E-state index contributed by atoms with van der Waals surface area (Å²) < 4.78 is 38.9. The molecule has 1 heterocycles. The predicted molar refractivity (Wildman–Crippen MR) is 58.3 cm³/mol. The van der Waals surface area contributed by atoms with Crippen molar-refractivity contribution in [3.05, 3.63) is 59.2 Å². The van der Waals surface area contributed by atoms with Crippen molar-refractivity contribution in [3.8, 4) is 0 Å². The lowest BCUT2D eigenvalue weighted by molar-refractivity contribution is 0.0946. The summed E-state index contributed by atoms with van der Waals surface area (Å²) in [4.78, 5) is 14.2. The van der Waals surface area contributed by atoms with Crippen LogP contribution < -0.4 is 5.32 Å². The third kappa shape index (κ3) is 2.37. The summed E-state index contributed by atoms with van der Waals surface area (Å²) in [6.07, 6.45) is 1.56. The average Bonchev–Trinajstić information content (AvgIpc) is 2.89. The maximum absolute atomic E-state index is 13.3. The van der Waals surface area contributed by atoms with Gasteiger partial charge >= 0.3 is 0 Å². The van der Waals surface area contributed by atoms with Crippen LogP contribution in [-0.2, 0) is 6.54 Å². The third-order valence-corrected chi connectivity index (χ3v) is 2.40. The van der Waals surface area contributed by atoms with Gasteiger partial charge in [-0.1, -0.05) is 6.07 Å². The Labute approximate surface area is 101 Å². The summed E-state index contributed by atoms with van der Waals surface area (Å²) in [5.74, 6) is -4.54. The lowest BCUT2D eigenvalue weighted by Gasteiger charge is -2.06. The first-order valence-electron chi connectivity index (χ1n) is 5.13. The van der Waals surface area contributed by atoms with Crippen molar-refractivity contribution in [2.45, 2.75) is 6.54 Å². The van der Waals surface area contributed by atoms with Gasteiger partial charge in [0.25, 0.3) is 5.91 Å². The first-order chi connectivity index (χ1) is 8.59. The Morgan fingerprint density at radius 1 is 1.17 bits per heavy atom. The predicted octanol–water partition coefficient (Wildman–Crippen LogP) is 2.36. The number of aromatic amines is 1. The summed E-state index contributed by atoms with van der Waals surface area (Å²) in [7, 11) is 0. The van der Waals surface area contributed by atoms with Crippen LogP contribution in [0.25, 0.3) is 0 Å². The quantitative estimate of drug-likeness (QED) is 0.811. The van der Waals surface area contributed by atoms with Crippen LogP contribution in [0.15, 0.2) is 30.5 Å². The molecule has 18 heavy (non-hydrogen) atoms. The van der Waals surface area contributed by atoms with Gasteiger partial charge in [0.15, 0.2) is 17.5 Å². The summed E-state index contributed by atoms with van der Waals surface area (Å²) in [6, 6.07) is 5.07. The number of aromatic nitrogens is 1. The molecule has 3 nitrogen and oxygen atoms in total. The largest absolute Gasteiger partial charge is 0.357 e. The van der Waals surface area contributed by atoms with Crippen molar-refractivity contribution in [1.29, 1.82) is 0 Å². The van der Waals surface area contributed by atoms with Crippen LogP contribution in [0.4, 0.5) is 13.2 Å². The fraction of sp³-hybridized carbons (Fsp3) is 0.0833. The SMILES string of the molecule is O=C(NCc1ccc(F)c(F)c1F)c1ccc[nH]1. The summed E-state index contributed by atoms with van der Waals surface area (Å²) >= 11 is 0. The van der Waals surface area contributed by atoms with Gasteiger partial charge in [0.1, 0.15) is 5.69 Å². The minimum atomic E-state index is -1.54. The second kappa shape index (κ2) is 4.95. The average molecular weight is 254 g/mol. The molecule has 0 fully saturated rings. The van der Waals surface area contributed by atoms with Crippen LogP contribution >= 0.6 is 0 Å². The number of hydrogen-bond acceptors (Lipinski definition) is 1. The molecule has 0 atom stereocenters. The molecule has 0 unspecified atom stereocenters. The highest BCUT2D eigenvalue weighted by atomic mass is 19.2. The number of benzene rings is 1. The number of amides is 1. The summed E-state index contributed by atoms with van der Waals surface area (Å²) in [5, 5.41) is 2.39. The van der Waals surface area contributed by atoms with Crippen molar-refractivity contribution in [2.24, 2.45) is 0 Å². The molecule has 2 rings (SSSR count). The molecule has 0 saturated heterocycles. The van der Waals surface area contributed by atoms with E-state index in [0.29, 0.717) is 5.69 Å². The Hall–Kier alpha value is -2.24. The maximum atomic E-state index is 13.3. The first-order valence-corrected chi connectivity index (χ1v) is 5.13. The molecule has 1 amide bonds. The van der Waals surface area contributed by atoms with E-state index in [2.05, 4.69) is 10.3 Å². The zero-order valence-corrected chi connectivity index (χ0v) is 9.14. The Balaban J connectivity index is 2.07. The smallest absolute Gasteiger partial charge is 0.267 e. The number of hydrogen-bond donors (Lipinski definition) is 2. The second-order valence-corrected chi connectivity index (χ2v) is 3.60. The molecule has 0 spiro atoms. The third-order valence-electron chi connectivity index (χ3n) is 2.40. The number of carbonyl (C=O) groups is 1. The Morgan fingerprint density at radius 2 is 1.94 bits per heavy atom. The molecule has 0 radical (unpaired) electrons. The Kier molecular flexibility index (Phi) is 3.36. The number of carbonyl (C=O) groups excluding carboxylic acids is 1. The number of H-pyrrole nitrogens is 1. The second-order valence-electron chi connectivity index (χ2n) is 3.60. The van der Waals surface area contributed by atoms with Gasteiger partial charge in [0.2, 0.25) is 0 Å². The van der Waals surface area contributed by atoms with Crippen LogP contribution in [0.5, 0.6) is 0 Å². The van der Waals surface area contributed by atoms with Gasteiger partial charge in [0.05, 0.1) is 0 Å². The molecular weight excluding hydrogens is 245 g/mol. The molecule has 6 heteroatoms. The molecule has 0 aliphatic heterocycles. The van der Waals surface area contributed by atoms with E-state index in [1.54, 1.807) is 12.3 Å². The molecular formula is C12H9F3N2O. The maximum Gasteiger partial charge on any atom is 0.267 e. The lowest BCUT2D eigenvalue weighted by atomic mass is 10.2. The molecule has 94 valence electrons. The molecule has 0 aliphatic carbocycles. The van der Waals surface area contributed by atoms with Crippen molar-refractivity contribution in [2.75, 3.05) is 0 Å². The van der Waals surface area contributed by atoms with E-state index in [1.807, 2.05) is 0 Å². The summed E-state index contributed by atoms with van der Waals surface area (Å²) in [6.45, 7) is -0.221. The van der Waals surface area contributed by atoms with Crippen molar-refractivity contribution in [3.63, 3.8) is 0 Å². The monoisotopic (exact) mass is 254 g/mol. The fourth-order valence-corrected chi connectivity index (χ4v) is 1.44. The highest BCUT2D eigenvalue weighted by molar-refractivity contribution is 5.92. The van der Waals surface area contributed by atoms with Crippen LogP contribution in [0.2, 0.25) is 0 Å². The van der Waals surface area contributed by atoms with E-state index in [4.69, 9.17) is 0 Å². The number of nitrogens with one attached hydrogen (secondary N) is 2. The van der Waals surface area contributed by atoms with E-state index in [9.17, 15) is 18.0 Å². The number of rotatable bonds is 3. The van der Waals surface area contributed by atoms with Crippen molar-refractivity contribution < 1.29 is 18.0 Å². The standard InChI is InChI=1S/C12H9F3N2O/c13-8-4-3-7(10(14)11(8)15)6-17-12(18)9-2-1-5-16-9/h1-5,16H,6H2,(H,17,18). The highest BCUT2D eigenvalue weighted by Gasteiger charge is 2.14. The zero-order valence-electron chi connectivity index (χ0n) is 9.14. The topological polar surface area (TPSA) is 44.9 Å². The van der Waals surface area contributed by atoms with E-state index < -0.39 is 23.4 Å². The van der Waals surface area contributed by atoms with E-state index >= 15 is 0 Å². The molecule has 2 aromatic rings. The van der Waals surface area contributed by atoms with Crippen LogP contribution in [0.3, 0.4) is 0 Å². The fourth-order valence-electron chi connectivity index (χ4n) is 1.44. The van der Waals surface area contributed by atoms with Crippen LogP contribution in [0.1, 0.15) is 16.1 Å². The van der Waals surface area contributed by atoms with Gasteiger partial charge in [-0.3, -0.25) is 4.79 Å². The van der Waals surface area contributed by atoms with E-state index in [-0.39, 0.29) is 12.1 Å². The molecule has 0 bridgehead atoms. The van der Waals surface area contributed by atoms with Crippen LogP contribution in [0, 0.1) is 17.5 Å². The molecule has 1 aromatic heterocycles. The minimum absolute atomic E-state index is 0.117. The van der Waals surface area contributed by atoms with Crippen molar-refractivity contribution >= 4 is 5.91 Å². The Bertz CT molecular complexity index is 567. The zero-order chi connectivity index (χ0) is 13.1. The van der Waals surface area contributed by atoms with Gasteiger partial charge in [-0.25, -0.2) is 13.2 Å². The Morgan fingerprint density at radius 3 is 2.61 bits per heavy atom. The molecule has 1 aromatic carbocycles. The highest BCUT2D eigenvalue weighted by Crippen LogP contribution is 2.14. The van der Waals surface area contributed by atoms with Gasteiger partial charge in [-0.05, 0) is 18.2 Å². The molecule has 0 aliphatic rings. The molecule has 0 saturated carbocycles. The van der Waals surface area contributed by atoms with Crippen molar-refractivity contribution in [1.82, 2.24) is 10.3 Å². The van der Waals surface area contributed by atoms with Gasteiger partial charge in [-0.15, -0.1) is 0 Å². The van der Waals surface area contributed by atoms with Gasteiger partial charge in [0, 0.05) is 18.3 Å². The van der Waals surface area contributed by atoms with Gasteiger partial charge in [-0.2, -0.15) is 0 Å². The normalized spacial score (nSPS) is 10.4. The molecule has 2 N–H and O–H groups in total. The summed E-state index contributed by atoms with van der Waals surface area (Å²) in [5.41, 5.74) is 0.187. The first kappa shape index (κ1) is 12.2. The number of halogens is 3. The minimum Gasteiger partial charge on any atom is -0.357 e.